The van der Waals surface area contributed by atoms with E-state index in [4.69, 9.17) is 0 Å². The van der Waals surface area contributed by atoms with Gasteiger partial charge in [0.15, 0.2) is 0 Å². The summed E-state index contributed by atoms with van der Waals surface area (Å²) in [6.45, 7) is 9.76. The molecule has 5 rings (SSSR count). The van der Waals surface area contributed by atoms with Gasteiger partial charge in [-0.15, -0.1) is 0 Å². The van der Waals surface area contributed by atoms with Crippen LogP contribution in [0.5, 0.6) is 0 Å². The molecule has 1 aromatic heterocycles. The number of nitrogens with zero attached hydrogens (tertiary/aromatic N) is 6. The lowest BCUT2D eigenvalue weighted by Gasteiger charge is -2.34. The molecule has 47 heavy (non-hydrogen) atoms. The monoisotopic (exact) mass is 648 g/mol. The fraction of sp³-hybridized carbons (Fsp3) is 0.441. The zero-order valence-corrected chi connectivity index (χ0v) is 26.8. The van der Waals surface area contributed by atoms with Crippen molar-refractivity contribution in [1.29, 1.82) is 0 Å². The summed E-state index contributed by atoms with van der Waals surface area (Å²) in [6, 6.07) is 16.8. The molecule has 3 aromatic rings. The number of anilines is 1. The highest BCUT2D eigenvalue weighted by Crippen LogP contribution is 2.15. The van der Waals surface area contributed by atoms with E-state index in [2.05, 4.69) is 42.5 Å². The fourth-order valence-electron chi connectivity index (χ4n) is 5.69. The quantitative estimate of drug-likeness (QED) is 0.288. The van der Waals surface area contributed by atoms with E-state index in [1.54, 1.807) is 11.8 Å². The molecule has 0 unspecified atom stereocenters. The van der Waals surface area contributed by atoms with Crippen LogP contribution in [0.15, 0.2) is 54.6 Å². The van der Waals surface area contributed by atoms with E-state index in [-0.39, 0.29) is 36.5 Å². The molecule has 0 aliphatic carbocycles. The Hall–Kier alpha value is -4.49. The van der Waals surface area contributed by atoms with Gasteiger partial charge in [0.2, 0.25) is 35.6 Å². The van der Waals surface area contributed by atoms with Gasteiger partial charge in [-0.25, -0.2) is 0 Å². The number of benzene rings is 2. The van der Waals surface area contributed by atoms with Crippen LogP contribution in [0.2, 0.25) is 0 Å². The van der Waals surface area contributed by atoms with E-state index in [9.17, 15) is 23.2 Å². The van der Waals surface area contributed by atoms with Crippen molar-refractivity contribution in [1.82, 2.24) is 35.3 Å². The molecule has 13 heteroatoms. The third kappa shape index (κ3) is 10.5. The van der Waals surface area contributed by atoms with Crippen LogP contribution in [0.4, 0.5) is 14.7 Å². The lowest BCUT2D eigenvalue weighted by molar-refractivity contribution is -0.130. The predicted octanol–water partition coefficient (Wildman–Crippen LogP) is 2.45. The van der Waals surface area contributed by atoms with Crippen molar-refractivity contribution in [3.63, 3.8) is 0 Å². The number of carbonyl (C=O) groups is 3. The highest BCUT2D eigenvalue weighted by atomic mass is 19.1. The number of halogens is 2. The maximum atomic E-state index is 13.4. The Bertz CT molecular complexity index is 1490. The third-order valence-corrected chi connectivity index (χ3v) is 8.54. The average molecular weight is 649 g/mol. The molecule has 3 amide bonds. The summed E-state index contributed by atoms with van der Waals surface area (Å²) in [6.07, 6.45) is 0.224. The van der Waals surface area contributed by atoms with Crippen LogP contribution in [0.25, 0.3) is 0 Å². The summed E-state index contributed by atoms with van der Waals surface area (Å²) in [5.41, 5.74) is 4.27. The normalized spacial score (nSPS) is 15.8. The standard InChI is InChI=1S/C34H42F2N8O3/c1-25(45)43-16-12-41(13-17-43)23-28-6-2-26(3-7-28)21-37-32(46)10-11-33(47)38-22-27-4-8-29(9-5-27)24-42-14-18-44(19-15-42)34-39-30(35)20-31(36)40-34/h2-9,20H,10-19,21-24H2,1H3,(H,37,46)(H,38,47). The van der Waals surface area contributed by atoms with Gasteiger partial charge in [-0.2, -0.15) is 18.7 Å². The van der Waals surface area contributed by atoms with Crippen molar-refractivity contribution >= 4 is 23.7 Å². The topological polar surface area (TPSA) is 114 Å². The van der Waals surface area contributed by atoms with Gasteiger partial charge in [0, 0.05) is 104 Å². The van der Waals surface area contributed by atoms with Crippen molar-refractivity contribution in [3.8, 4) is 0 Å². The lowest BCUT2D eigenvalue weighted by Crippen LogP contribution is -2.47. The summed E-state index contributed by atoms with van der Waals surface area (Å²) in [7, 11) is 0. The largest absolute Gasteiger partial charge is 0.352 e. The molecular weight excluding hydrogens is 606 g/mol. The van der Waals surface area contributed by atoms with Crippen LogP contribution in [0.3, 0.4) is 0 Å². The average Bonchev–Trinajstić information content (AvgIpc) is 3.07. The number of amides is 3. The van der Waals surface area contributed by atoms with Gasteiger partial charge in [0.1, 0.15) is 0 Å². The molecule has 0 bridgehead atoms. The number of carbonyl (C=O) groups excluding carboxylic acids is 3. The van der Waals surface area contributed by atoms with Crippen molar-refractivity contribution in [2.45, 2.75) is 45.9 Å². The Kier molecular flexibility index (Phi) is 11.8. The summed E-state index contributed by atoms with van der Waals surface area (Å²) in [5.74, 6) is -1.90. The molecule has 250 valence electrons. The van der Waals surface area contributed by atoms with Crippen LogP contribution < -0.4 is 15.5 Å². The third-order valence-electron chi connectivity index (χ3n) is 8.54. The van der Waals surface area contributed by atoms with E-state index in [1.165, 1.54) is 5.56 Å². The molecular formula is C34H42F2N8O3. The van der Waals surface area contributed by atoms with Gasteiger partial charge in [-0.3, -0.25) is 24.2 Å². The minimum absolute atomic E-state index is 0.0742. The number of rotatable bonds is 12. The van der Waals surface area contributed by atoms with Gasteiger partial charge < -0.3 is 20.4 Å². The number of nitrogens with one attached hydrogen (secondary N) is 2. The molecule has 2 aromatic carbocycles. The van der Waals surface area contributed by atoms with Crippen LogP contribution in [0.1, 0.15) is 42.0 Å². The smallest absolute Gasteiger partial charge is 0.230 e. The number of piperazine rings is 2. The molecule has 3 heterocycles. The van der Waals surface area contributed by atoms with Gasteiger partial charge in [0.05, 0.1) is 0 Å². The molecule has 2 aliphatic heterocycles. The second-order valence-corrected chi connectivity index (χ2v) is 12.0. The highest BCUT2D eigenvalue weighted by molar-refractivity contribution is 5.83. The van der Waals surface area contributed by atoms with Crippen LogP contribution in [-0.2, 0) is 40.6 Å². The minimum Gasteiger partial charge on any atom is -0.352 e. The SMILES string of the molecule is CC(=O)N1CCN(Cc2ccc(CNC(=O)CCC(=O)NCc3ccc(CN4CCN(c5nc(F)cc(F)n5)CC4)cc3)cc2)CC1. The first-order chi connectivity index (χ1) is 22.7. The molecule has 2 aliphatic rings. The first kappa shape index (κ1) is 33.9. The van der Waals surface area contributed by atoms with Crippen molar-refractivity contribution in [2.24, 2.45) is 0 Å². The molecule has 2 N–H and O–H groups in total. The van der Waals surface area contributed by atoms with Crippen molar-refractivity contribution in [3.05, 3.63) is 88.7 Å². The second-order valence-electron chi connectivity index (χ2n) is 12.0. The summed E-state index contributed by atoms with van der Waals surface area (Å²) in [4.78, 5) is 51.9. The Balaban J connectivity index is 0.940. The molecule has 0 saturated carbocycles. The molecule has 2 fully saturated rings. The number of aromatic nitrogens is 2. The first-order valence-corrected chi connectivity index (χ1v) is 16.0. The van der Waals surface area contributed by atoms with Gasteiger partial charge >= 0.3 is 0 Å². The zero-order valence-electron chi connectivity index (χ0n) is 26.8. The molecule has 2 saturated heterocycles. The Morgan fingerprint density at radius 1 is 0.638 bits per heavy atom. The molecule has 0 radical (unpaired) electrons. The van der Waals surface area contributed by atoms with Crippen LogP contribution in [0, 0.1) is 11.9 Å². The van der Waals surface area contributed by atoms with E-state index < -0.39 is 11.9 Å². The second kappa shape index (κ2) is 16.4. The Morgan fingerprint density at radius 2 is 1.04 bits per heavy atom. The van der Waals surface area contributed by atoms with E-state index >= 15 is 0 Å². The van der Waals surface area contributed by atoms with Gasteiger partial charge in [-0.05, 0) is 22.3 Å². The minimum atomic E-state index is -0.875. The van der Waals surface area contributed by atoms with Crippen LogP contribution >= 0.6 is 0 Å². The van der Waals surface area contributed by atoms with Gasteiger partial charge in [0.25, 0.3) is 0 Å². The number of hydrogen-bond acceptors (Lipinski definition) is 8. The van der Waals surface area contributed by atoms with E-state index in [1.807, 2.05) is 41.3 Å². The van der Waals surface area contributed by atoms with Crippen molar-refractivity contribution in [2.75, 3.05) is 57.3 Å². The summed E-state index contributed by atoms with van der Waals surface area (Å²) >= 11 is 0. The highest BCUT2D eigenvalue weighted by Gasteiger charge is 2.21. The molecule has 11 nitrogen and oxygen atoms in total. The predicted molar refractivity (Wildman–Crippen MR) is 173 cm³/mol. The summed E-state index contributed by atoms with van der Waals surface area (Å²) in [5, 5.41) is 5.77. The van der Waals surface area contributed by atoms with Gasteiger partial charge in [-0.1, -0.05) is 48.5 Å². The summed E-state index contributed by atoms with van der Waals surface area (Å²) < 4.78 is 26.9. The van der Waals surface area contributed by atoms with Crippen LogP contribution in [-0.4, -0.2) is 94.7 Å². The number of hydrogen-bond donors (Lipinski definition) is 2. The lowest BCUT2D eigenvalue weighted by atomic mass is 10.1. The maximum Gasteiger partial charge on any atom is 0.230 e. The first-order valence-electron chi connectivity index (χ1n) is 16.0. The Morgan fingerprint density at radius 3 is 1.47 bits per heavy atom. The Labute approximate surface area is 273 Å². The van der Waals surface area contributed by atoms with Crippen molar-refractivity contribution < 1.29 is 23.2 Å². The fourth-order valence-corrected chi connectivity index (χ4v) is 5.69. The van der Waals surface area contributed by atoms with E-state index in [0.717, 1.165) is 56.0 Å². The molecule has 0 atom stereocenters. The maximum absolute atomic E-state index is 13.4. The zero-order chi connectivity index (χ0) is 33.2. The molecule has 0 spiro atoms. The van der Waals surface area contributed by atoms with E-state index in [0.29, 0.717) is 45.3 Å².